The Kier molecular flexibility index (Phi) is 14.9. The van der Waals surface area contributed by atoms with Crippen LogP contribution >= 0.6 is 0 Å². The van der Waals surface area contributed by atoms with Crippen molar-refractivity contribution in [3.05, 3.63) is 4.91 Å². The van der Waals surface area contributed by atoms with Gasteiger partial charge in [0.1, 0.15) is 0 Å². The average Bonchev–Trinajstić information content (AvgIpc) is 1.36. The van der Waals surface area contributed by atoms with Crippen molar-refractivity contribution in [2.45, 2.75) is 0 Å². The summed E-state index contributed by atoms with van der Waals surface area (Å²) < 4.78 is 0. The molecule has 0 amide bonds. The number of nitrogens with one attached hydrogen (secondary N) is 1. The van der Waals surface area contributed by atoms with Crippen molar-refractivity contribution >= 4 is 9.05 Å². The molecule has 0 spiro atoms. The van der Waals surface area contributed by atoms with Gasteiger partial charge in [0.2, 0.25) is 0 Å². The zero-order valence-electron chi connectivity index (χ0n) is 3.70. The Morgan fingerprint density at radius 3 is 1.00 bits per heavy atom. The molecule has 0 bridgehead atoms. The van der Waals surface area contributed by atoms with Gasteiger partial charge in [-0.05, 0) is 0 Å². The van der Waals surface area contributed by atoms with Gasteiger partial charge in [0.15, 0.2) is 0 Å². The van der Waals surface area contributed by atoms with Crippen LogP contribution in [0.25, 0.3) is 0 Å². The van der Waals surface area contributed by atoms with Crippen LogP contribution < -0.4 is 0 Å². The van der Waals surface area contributed by atoms with Crippen molar-refractivity contribution in [1.29, 1.82) is 5.59 Å². The Balaban J connectivity index is -0.0000000750. The number of hydrogen-bond donors (Lipinski definition) is 5. The maximum Gasteiger partial charge on any atom is 0.668 e. The van der Waals surface area contributed by atoms with Crippen molar-refractivity contribution < 1.29 is 45.0 Å². The first-order chi connectivity index (χ1) is 3.00. The Morgan fingerprint density at radius 2 is 1.00 bits per heavy atom. The van der Waals surface area contributed by atoms with Gasteiger partial charge in [-0.15, -0.1) is 0 Å². The molecule has 6 nitrogen and oxygen atoms in total. The zero-order chi connectivity index (χ0) is 6.50. The number of rotatable bonds is 0. The van der Waals surface area contributed by atoms with E-state index in [1.807, 2.05) is 0 Å². The SMILES string of the molecule is N=O.O[Si](O)(O)O.[Hf]. The minimum absolute atomic E-state index is 0. The van der Waals surface area contributed by atoms with E-state index in [-0.39, 0.29) is 25.8 Å². The predicted octanol–water partition coefficient (Wildman–Crippen LogP) is -2.28. The number of hydrogen-bond acceptors (Lipinski definition) is 6. The quantitative estimate of drug-likeness (QED) is 0.255. The maximum absolute atomic E-state index is 7.50. The Labute approximate surface area is 64.8 Å². The largest absolute Gasteiger partial charge is 0.668 e. The molecule has 0 fully saturated rings. The van der Waals surface area contributed by atoms with E-state index in [0.717, 1.165) is 0 Å². The Hall–Kier alpha value is 0.527. The first kappa shape index (κ1) is 15.8. The summed E-state index contributed by atoms with van der Waals surface area (Å²) in [7, 11) is -4.61. The van der Waals surface area contributed by atoms with Crippen molar-refractivity contribution in [3.8, 4) is 0 Å². The van der Waals surface area contributed by atoms with Crippen molar-refractivity contribution in [3.63, 3.8) is 0 Å². The Bertz CT molecular complexity index is 36.2. The fraction of sp³-hybridized carbons (Fsp3) is 0. The molecule has 0 aliphatic rings. The second-order valence-electron chi connectivity index (χ2n) is 0.600. The molecule has 0 unspecified atom stereocenters. The molecule has 48 valence electrons. The first-order valence-corrected chi connectivity index (χ1v) is 2.89. The minimum Gasteiger partial charge on any atom is -0.368 e. The van der Waals surface area contributed by atoms with Crippen LogP contribution in [0.15, 0.2) is 0 Å². The fourth-order valence-electron chi connectivity index (χ4n) is 0. The summed E-state index contributed by atoms with van der Waals surface area (Å²) in [6.07, 6.45) is 0. The topological polar surface area (TPSA) is 122 Å². The van der Waals surface area contributed by atoms with Gasteiger partial charge in [0.05, 0.1) is 0 Å². The molecule has 0 aromatic heterocycles. The zero-order valence-corrected chi connectivity index (χ0v) is 8.29. The average molecular weight is 306 g/mol. The summed E-state index contributed by atoms with van der Waals surface area (Å²) in [5.74, 6) is 0. The van der Waals surface area contributed by atoms with Crippen LogP contribution in [0.1, 0.15) is 0 Å². The van der Waals surface area contributed by atoms with E-state index in [1.165, 1.54) is 0 Å². The normalized spacial score (nSPS) is 8.00. The molecule has 0 aromatic rings. The summed E-state index contributed by atoms with van der Waals surface area (Å²) in [4.78, 5) is 36.8. The maximum atomic E-state index is 7.50. The molecule has 0 saturated carbocycles. The first-order valence-electron chi connectivity index (χ1n) is 1.10. The summed E-state index contributed by atoms with van der Waals surface area (Å²) in [6, 6.07) is 0. The summed E-state index contributed by atoms with van der Waals surface area (Å²) in [6.45, 7) is 0. The van der Waals surface area contributed by atoms with Gasteiger partial charge < -0.3 is 19.2 Å². The molecule has 0 aliphatic heterocycles. The molecule has 0 rings (SSSR count). The molecule has 0 aliphatic carbocycles. The van der Waals surface area contributed by atoms with E-state index in [4.69, 9.17) is 24.1 Å². The molecular formula is H5HfNO5Si. The third-order valence-corrected chi connectivity index (χ3v) is 0. The van der Waals surface area contributed by atoms with Crippen LogP contribution in [0.3, 0.4) is 0 Å². The molecule has 0 aromatic carbocycles. The fourth-order valence-corrected chi connectivity index (χ4v) is 0. The number of nitroso groups, excluding NO2 is 1. The summed E-state index contributed by atoms with van der Waals surface area (Å²) in [5.41, 5.74) is 4.50. The van der Waals surface area contributed by atoms with Gasteiger partial charge in [-0.2, -0.15) is 4.91 Å². The minimum atomic E-state index is -4.61. The molecule has 8 heteroatoms. The van der Waals surface area contributed by atoms with E-state index < -0.39 is 9.05 Å². The molecule has 0 radical (unpaired) electrons. The van der Waals surface area contributed by atoms with Gasteiger partial charge in [-0.1, -0.05) is 5.59 Å². The second kappa shape index (κ2) is 7.53. The molecule has 0 heterocycles. The van der Waals surface area contributed by atoms with Crippen LogP contribution in [-0.4, -0.2) is 28.2 Å². The van der Waals surface area contributed by atoms with Gasteiger partial charge in [0.25, 0.3) is 0 Å². The van der Waals surface area contributed by atoms with Crippen LogP contribution in [0.2, 0.25) is 0 Å². The van der Waals surface area contributed by atoms with E-state index in [2.05, 4.69) is 5.59 Å². The van der Waals surface area contributed by atoms with Gasteiger partial charge >= 0.3 is 9.05 Å². The molecular weight excluding hydrogens is 301 g/mol. The van der Waals surface area contributed by atoms with E-state index in [9.17, 15) is 0 Å². The monoisotopic (exact) mass is 307 g/mol. The van der Waals surface area contributed by atoms with Gasteiger partial charge in [0, 0.05) is 25.8 Å². The third-order valence-electron chi connectivity index (χ3n) is 0. The van der Waals surface area contributed by atoms with E-state index in [1.54, 1.807) is 0 Å². The molecule has 8 heavy (non-hydrogen) atoms. The van der Waals surface area contributed by atoms with Crippen molar-refractivity contribution in [1.82, 2.24) is 0 Å². The second-order valence-corrected chi connectivity index (χ2v) is 1.80. The Morgan fingerprint density at radius 1 is 1.00 bits per heavy atom. The van der Waals surface area contributed by atoms with Crippen LogP contribution in [0.5, 0.6) is 0 Å². The van der Waals surface area contributed by atoms with Gasteiger partial charge in [-0.25, -0.2) is 0 Å². The predicted molar refractivity (Wildman–Crippen MR) is 20.7 cm³/mol. The smallest absolute Gasteiger partial charge is 0.368 e. The molecule has 0 atom stereocenters. The van der Waals surface area contributed by atoms with Gasteiger partial charge in [-0.3, -0.25) is 0 Å². The third kappa shape index (κ3) is 718. The van der Waals surface area contributed by atoms with E-state index in [0.29, 0.717) is 0 Å². The van der Waals surface area contributed by atoms with Crippen molar-refractivity contribution in [2.24, 2.45) is 0 Å². The van der Waals surface area contributed by atoms with E-state index >= 15 is 0 Å². The van der Waals surface area contributed by atoms with Crippen LogP contribution in [-0.2, 0) is 25.8 Å². The summed E-state index contributed by atoms with van der Waals surface area (Å²) >= 11 is 0. The summed E-state index contributed by atoms with van der Waals surface area (Å²) in [5, 5.41) is 0. The standard InChI is InChI=1S/Hf.HNO.H4O4Si/c;1-2;1-5(2,3)4/h;1H;1-4H. The van der Waals surface area contributed by atoms with Crippen LogP contribution in [0.4, 0.5) is 0 Å². The molecule has 5 N–H and O–H groups in total. The van der Waals surface area contributed by atoms with Crippen LogP contribution in [0, 0.1) is 10.5 Å². The molecule has 0 saturated heterocycles. The van der Waals surface area contributed by atoms with Crippen molar-refractivity contribution in [2.75, 3.05) is 0 Å².